The molecule has 0 bridgehead atoms. The molecule has 152 valence electrons. The highest BCUT2D eigenvalue weighted by Crippen LogP contribution is 2.22. The number of aliphatic carboxylic acids is 1. The lowest BCUT2D eigenvalue weighted by molar-refractivity contribution is -0.136. The highest BCUT2D eigenvalue weighted by Gasteiger charge is 2.28. The lowest BCUT2D eigenvalue weighted by atomic mass is 9.95. The van der Waals surface area contributed by atoms with Crippen LogP contribution in [0.15, 0.2) is 54.6 Å². The third-order valence-corrected chi connectivity index (χ3v) is 4.94. The summed E-state index contributed by atoms with van der Waals surface area (Å²) in [6.45, 7) is 0.959. The molecule has 0 radical (unpaired) electrons. The maximum atomic E-state index is 12.6. The van der Waals surface area contributed by atoms with E-state index in [1.165, 1.54) is 0 Å². The molecule has 2 aromatic carbocycles. The van der Waals surface area contributed by atoms with E-state index in [4.69, 9.17) is 9.84 Å². The fraction of sp³-hybridized carbons (Fsp3) is 0.318. The molecule has 7 nitrogen and oxygen atoms in total. The largest absolute Gasteiger partial charge is 0.484 e. The Hall–Kier alpha value is -3.35. The first-order chi connectivity index (χ1) is 14.0. The lowest BCUT2D eigenvalue weighted by Crippen LogP contribution is -2.43. The van der Waals surface area contributed by atoms with Gasteiger partial charge in [0, 0.05) is 24.7 Å². The minimum absolute atomic E-state index is 0.0244. The molecule has 1 heterocycles. The number of hydrogen-bond donors (Lipinski definition) is 2. The van der Waals surface area contributed by atoms with Gasteiger partial charge < -0.3 is 20.1 Å². The van der Waals surface area contributed by atoms with Gasteiger partial charge in [-0.3, -0.25) is 14.4 Å². The number of anilines is 1. The molecule has 1 fully saturated rings. The van der Waals surface area contributed by atoms with E-state index in [2.05, 4.69) is 5.32 Å². The highest BCUT2D eigenvalue weighted by molar-refractivity contribution is 5.94. The first-order valence-electron chi connectivity index (χ1n) is 9.59. The molecule has 2 N–H and O–H groups in total. The molecule has 0 aliphatic carbocycles. The number of nitrogens with one attached hydrogen (secondary N) is 1. The van der Waals surface area contributed by atoms with Crippen molar-refractivity contribution in [2.24, 2.45) is 5.92 Å². The van der Waals surface area contributed by atoms with Crippen LogP contribution < -0.4 is 10.1 Å². The zero-order chi connectivity index (χ0) is 20.6. The number of nitrogens with zero attached hydrogens (tertiary/aromatic N) is 1. The van der Waals surface area contributed by atoms with Crippen molar-refractivity contribution in [1.82, 2.24) is 4.90 Å². The van der Waals surface area contributed by atoms with Gasteiger partial charge in [-0.25, -0.2) is 0 Å². The summed E-state index contributed by atoms with van der Waals surface area (Å²) in [5, 5.41) is 11.9. The standard InChI is InChI=1S/C22H24N2O5/c25-20(15-29-18-7-2-1-3-8-18)24-12-10-16(11-13-24)22(28)23-19-9-5-4-6-17(19)14-21(26)27/h1-9,16H,10-15H2,(H,23,28)(H,26,27). The van der Waals surface area contributed by atoms with Crippen molar-refractivity contribution in [2.75, 3.05) is 25.0 Å². The van der Waals surface area contributed by atoms with E-state index < -0.39 is 5.97 Å². The summed E-state index contributed by atoms with van der Waals surface area (Å²) < 4.78 is 5.50. The van der Waals surface area contributed by atoms with E-state index in [1.807, 2.05) is 18.2 Å². The number of carbonyl (C=O) groups is 3. The third-order valence-electron chi connectivity index (χ3n) is 4.94. The number of carboxylic acid groups (broad SMARTS) is 1. The second-order valence-electron chi connectivity index (χ2n) is 6.97. The number of piperidine rings is 1. The summed E-state index contributed by atoms with van der Waals surface area (Å²) in [5.74, 6) is -0.756. The Morgan fingerprint density at radius 2 is 1.66 bits per heavy atom. The van der Waals surface area contributed by atoms with Gasteiger partial charge in [0.05, 0.1) is 6.42 Å². The van der Waals surface area contributed by atoms with Gasteiger partial charge in [0.1, 0.15) is 5.75 Å². The minimum atomic E-state index is -0.948. The zero-order valence-electron chi connectivity index (χ0n) is 16.0. The Morgan fingerprint density at radius 1 is 1.00 bits per heavy atom. The van der Waals surface area contributed by atoms with Crippen LogP contribution in [0.5, 0.6) is 5.75 Å². The minimum Gasteiger partial charge on any atom is -0.484 e. The van der Waals surface area contributed by atoms with Crippen LogP contribution in [0.1, 0.15) is 18.4 Å². The van der Waals surface area contributed by atoms with Crippen molar-refractivity contribution in [2.45, 2.75) is 19.3 Å². The SMILES string of the molecule is O=C(O)Cc1ccccc1NC(=O)C1CCN(C(=O)COc2ccccc2)CC1. The van der Waals surface area contributed by atoms with Crippen LogP contribution in [0, 0.1) is 5.92 Å². The molecule has 0 saturated carbocycles. The summed E-state index contributed by atoms with van der Waals surface area (Å²) in [5.41, 5.74) is 1.09. The van der Waals surface area contributed by atoms with Crippen molar-refractivity contribution in [3.8, 4) is 5.75 Å². The maximum Gasteiger partial charge on any atom is 0.307 e. The Labute approximate surface area is 169 Å². The normalized spacial score (nSPS) is 14.3. The smallest absolute Gasteiger partial charge is 0.307 e. The number of benzene rings is 2. The molecule has 0 spiro atoms. The number of rotatable bonds is 7. The van der Waals surface area contributed by atoms with E-state index in [1.54, 1.807) is 41.3 Å². The number of carboxylic acids is 1. The average Bonchev–Trinajstić information content (AvgIpc) is 2.74. The van der Waals surface area contributed by atoms with E-state index in [0.29, 0.717) is 42.9 Å². The summed E-state index contributed by atoms with van der Waals surface area (Å²) in [4.78, 5) is 37.6. The van der Waals surface area contributed by atoms with Gasteiger partial charge in [0.2, 0.25) is 5.91 Å². The molecule has 0 aromatic heterocycles. The molecule has 1 aliphatic heterocycles. The predicted molar refractivity (Wildman–Crippen MR) is 108 cm³/mol. The second-order valence-corrected chi connectivity index (χ2v) is 6.97. The monoisotopic (exact) mass is 396 g/mol. The molecule has 1 aliphatic rings. The Balaban J connectivity index is 1.48. The van der Waals surface area contributed by atoms with Gasteiger partial charge in [-0.05, 0) is 36.6 Å². The van der Waals surface area contributed by atoms with Crippen molar-refractivity contribution < 1.29 is 24.2 Å². The number of amides is 2. The second kappa shape index (κ2) is 9.73. The van der Waals surface area contributed by atoms with E-state index in [0.717, 1.165) is 0 Å². The van der Waals surface area contributed by atoms with Crippen molar-refractivity contribution >= 4 is 23.5 Å². The zero-order valence-corrected chi connectivity index (χ0v) is 16.0. The van der Waals surface area contributed by atoms with Crippen molar-refractivity contribution in [1.29, 1.82) is 0 Å². The van der Waals surface area contributed by atoms with Crippen LogP contribution in [0.4, 0.5) is 5.69 Å². The van der Waals surface area contributed by atoms with Gasteiger partial charge in [-0.2, -0.15) is 0 Å². The van der Waals surface area contributed by atoms with Crippen LogP contribution in [0.3, 0.4) is 0 Å². The molecule has 7 heteroatoms. The quantitative estimate of drug-likeness (QED) is 0.750. The Morgan fingerprint density at radius 3 is 2.34 bits per heavy atom. The fourth-order valence-electron chi connectivity index (χ4n) is 3.34. The van der Waals surface area contributed by atoms with Crippen LogP contribution in [-0.4, -0.2) is 47.5 Å². The fourth-order valence-corrected chi connectivity index (χ4v) is 3.34. The molecule has 1 saturated heterocycles. The maximum absolute atomic E-state index is 12.6. The molecule has 29 heavy (non-hydrogen) atoms. The van der Waals surface area contributed by atoms with Crippen LogP contribution >= 0.6 is 0 Å². The van der Waals surface area contributed by atoms with E-state index in [9.17, 15) is 14.4 Å². The molecule has 0 atom stereocenters. The van der Waals surface area contributed by atoms with Crippen LogP contribution in [-0.2, 0) is 20.8 Å². The molecular formula is C22H24N2O5. The number of carbonyl (C=O) groups excluding carboxylic acids is 2. The Kier molecular flexibility index (Phi) is 6.84. The van der Waals surface area contributed by atoms with Gasteiger partial charge in [0.25, 0.3) is 5.91 Å². The highest BCUT2D eigenvalue weighted by atomic mass is 16.5. The first kappa shape index (κ1) is 20.4. The number of hydrogen-bond acceptors (Lipinski definition) is 4. The first-order valence-corrected chi connectivity index (χ1v) is 9.59. The van der Waals surface area contributed by atoms with Gasteiger partial charge in [-0.15, -0.1) is 0 Å². The summed E-state index contributed by atoms with van der Waals surface area (Å²) >= 11 is 0. The number of ether oxygens (including phenoxy) is 1. The summed E-state index contributed by atoms with van der Waals surface area (Å²) in [6.07, 6.45) is 0.971. The van der Waals surface area contributed by atoms with Crippen molar-refractivity contribution in [3.05, 3.63) is 60.2 Å². The molecule has 3 rings (SSSR count). The van der Waals surface area contributed by atoms with Gasteiger partial charge in [0.15, 0.2) is 6.61 Å². The Bertz CT molecular complexity index is 861. The molecular weight excluding hydrogens is 372 g/mol. The van der Waals surface area contributed by atoms with E-state index in [-0.39, 0.29) is 30.8 Å². The van der Waals surface area contributed by atoms with Crippen LogP contribution in [0.25, 0.3) is 0 Å². The molecule has 0 unspecified atom stereocenters. The third kappa shape index (κ3) is 5.81. The predicted octanol–water partition coefficient (Wildman–Crippen LogP) is 2.57. The molecule has 2 amide bonds. The summed E-state index contributed by atoms with van der Waals surface area (Å²) in [7, 11) is 0. The van der Waals surface area contributed by atoms with Crippen molar-refractivity contribution in [3.63, 3.8) is 0 Å². The van der Waals surface area contributed by atoms with Crippen LogP contribution in [0.2, 0.25) is 0 Å². The lowest BCUT2D eigenvalue weighted by Gasteiger charge is -2.31. The summed E-state index contributed by atoms with van der Waals surface area (Å²) in [6, 6.07) is 16.1. The number of likely N-dealkylation sites (tertiary alicyclic amines) is 1. The number of para-hydroxylation sites is 2. The molecule has 2 aromatic rings. The van der Waals surface area contributed by atoms with Gasteiger partial charge >= 0.3 is 5.97 Å². The average molecular weight is 396 g/mol. The van der Waals surface area contributed by atoms with Gasteiger partial charge in [-0.1, -0.05) is 36.4 Å². The van der Waals surface area contributed by atoms with E-state index >= 15 is 0 Å². The topological polar surface area (TPSA) is 95.9 Å².